The van der Waals surface area contributed by atoms with Gasteiger partial charge in [-0.25, -0.2) is 0 Å². The third-order valence-electron chi connectivity index (χ3n) is 2.88. The second-order valence-corrected chi connectivity index (χ2v) is 5.15. The van der Waals surface area contributed by atoms with Crippen LogP contribution in [0.15, 0.2) is 48.5 Å². The number of phenolic OH excluding ortho intramolecular Hbond substituents is 1. The van der Waals surface area contributed by atoms with Crippen LogP contribution in [0.4, 0.5) is 0 Å². The largest absolute Gasteiger partial charge is 0.508 e. The molecule has 18 heavy (non-hydrogen) atoms. The van der Waals surface area contributed by atoms with Gasteiger partial charge in [-0.1, -0.05) is 0 Å². The molecule has 1 aromatic heterocycles. The Morgan fingerprint density at radius 2 is 1.78 bits per heavy atom. The van der Waals surface area contributed by atoms with Gasteiger partial charge in [-0.3, -0.25) is 0 Å². The maximum atomic E-state index is 9.30. The van der Waals surface area contributed by atoms with Crippen LogP contribution in [0.5, 0.6) is 11.5 Å². The van der Waals surface area contributed by atoms with Crippen LogP contribution in [0.3, 0.4) is 0 Å². The zero-order valence-electron chi connectivity index (χ0n) is 9.88. The van der Waals surface area contributed by atoms with Gasteiger partial charge in [-0.2, -0.15) is 0 Å². The van der Waals surface area contributed by atoms with E-state index in [1.165, 1.54) is 15.0 Å². The molecule has 1 N–H and O–H groups in total. The van der Waals surface area contributed by atoms with Crippen LogP contribution in [0.25, 0.3) is 20.5 Å². The number of rotatable bonds is 2. The smallest absolute Gasteiger partial charge is 0.119 e. The third-order valence-corrected chi connectivity index (χ3v) is 4.04. The van der Waals surface area contributed by atoms with Crippen molar-refractivity contribution >= 4 is 21.4 Å². The molecule has 0 fully saturated rings. The molecule has 2 nitrogen and oxygen atoms in total. The summed E-state index contributed by atoms with van der Waals surface area (Å²) in [6.07, 6.45) is 0. The molecule has 1 heterocycles. The number of benzene rings is 2. The lowest BCUT2D eigenvalue weighted by molar-refractivity contribution is 0.415. The van der Waals surface area contributed by atoms with Gasteiger partial charge in [0.05, 0.1) is 7.11 Å². The zero-order valence-corrected chi connectivity index (χ0v) is 10.7. The van der Waals surface area contributed by atoms with Gasteiger partial charge >= 0.3 is 0 Å². The molecule has 0 atom stereocenters. The first-order chi connectivity index (χ1) is 8.76. The maximum Gasteiger partial charge on any atom is 0.119 e. The van der Waals surface area contributed by atoms with Crippen LogP contribution in [-0.2, 0) is 0 Å². The van der Waals surface area contributed by atoms with Crippen LogP contribution in [-0.4, -0.2) is 12.2 Å². The first kappa shape index (κ1) is 11.1. The molecule has 0 spiro atoms. The van der Waals surface area contributed by atoms with E-state index in [2.05, 4.69) is 12.1 Å². The normalized spacial score (nSPS) is 10.7. The Labute approximate surface area is 109 Å². The monoisotopic (exact) mass is 256 g/mol. The van der Waals surface area contributed by atoms with E-state index in [1.807, 2.05) is 24.3 Å². The fourth-order valence-corrected chi connectivity index (χ4v) is 2.96. The predicted molar refractivity (Wildman–Crippen MR) is 75.5 cm³/mol. The minimum atomic E-state index is 0.293. The van der Waals surface area contributed by atoms with Crippen LogP contribution < -0.4 is 4.74 Å². The van der Waals surface area contributed by atoms with Crippen molar-refractivity contribution in [1.29, 1.82) is 0 Å². The third kappa shape index (κ3) is 1.93. The Balaban J connectivity index is 2.10. The highest BCUT2D eigenvalue weighted by Crippen LogP contribution is 2.35. The minimum absolute atomic E-state index is 0.293. The predicted octanol–water partition coefficient (Wildman–Crippen LogP) is 4.28. The van der Waals surface area contributed by atoms with Crippen LogP contribution >= 0.6 is 11.3 Å². The van der Waals surface area contributed by atoms with Crippen LogP contribution in [0.1, 0.15) is 0 Å². The van der Waals surface area contributed by atoms with Crippen molar-refractivity contribution in [1.82, 2.24) is 0 Å². The van der Waals surface area contributed by atoms with E-state index in [1.54, 1.807) is 30.6 Å². The number of aromatic hydroxyl groups is 1. The number of hydrogen-bond donors (Lipinski definition) is 1. The highest BCUT2D eigenvalue weighted by atomic mass is 32.1. The van der Waals surface area contributed by atoms with E-state index in [4.69, 9.17) is 4.74 Å². The molecule has 3 heteroatoms. The lowest BCUT2D eigenvalue weighted by Crippen LogP contribution is -1.79. The Morgan fingerprint density at radius 1 is 1.00 bits per heavy atom. The van der Waals surface area contributed by atoms with Gasteiger partial charge in [0.1, 0.15) is 11.5 Å². The summed E-state index contributed by atoms with van der Waals surface area (Å²) in [5.41, 5.74) is 1.12. The van der Waals surface area contributed by atoms with E-state index < -0.39 is 0 Å². The Kier molecular flexibility index (Phi) is 2.68. The number of fused-ring (bicyclic) bond motifs is 1. The molecule has 0 saturated carbocycles. The summed E-state index contributed by atoms with van der Waals surface area (Å²) >= 11 is 1.74. The first-order valence-corrected chi connectivity index (χ1v) is 6.45. The molecule has 0 aliphatic rings. The standard InChI is InChI=1S/C15H12O2S/c1-17-13-6-7-14-11(8-13)9-15(18-14)10-2-4-12(16)5-3-10/h2-9,16H,1H3. The van der Waals surface area contributed by atoms with Crippen LogP contribution in [0.2, 0.25) is 0 Å². The molecule has 3 rings (SSSR count). The van der Waals surface area contributed by atoms with Crippen molar-refractivity contribution in [3.05, 3.63) is 48.5 Å². The summed E-state index contributed by atoms with van der Waals surface area (Å²) in [5, 5.41) is 10.5. The maximum absolute atomic E-state index is 9.30. The quantitative estimate of drug-likeness (QED) is 0.741. The van der Waals surface area contributed by atoms with Gasteiger partial charge < -0.3 is 9.84 Å². The summed E-state index contributed by atoms with van der Waals surface area (Å²) in [5.74, 6) is 1.17. The summed E-state index contributed by atoms with van der Waals surface area (Å²) in [6.45, 7) is 0. The molecule has 0 aliphatic carbocycles. The van der Waals surface area contributed by atoms with Crippen molar-refractivity contribution in [3.63, 3.8) is 0 Å². The van der Waals surface area contributed by atoms with Gasteiger partial charge in [-0.05, 0) is 59.5 Å². The van der Waals surface area contributed by atoms with E-state index in [-0.39, 0.29) is 0 Å². The number of ether oxygens (including phenoxy) is 1. The summed E-state index contributed by atoms with van der Waals surface area (Å²) in [4.78, 5) is 1.19. The van der Waals surface area contributed by atoms with Crippen molar-refractivity contribution in [3.8, 4) is 21.9 Å². The van der Waals surface area contributed by atoms with Crippen molar-refractivity contribution in [2.24, 2.45) is 0 Å². The molecular formula is C15H12O2S. The van der Waals surface area contributed by atoms with E-state index >= 15 is 0 Å². The summed E-state index contributed by atoms with van der Waals surface area (Å²) < 4.78 is 6.46. The molecule has 0 aliphatic heterocycles. The first-order valence-electron chi connectivity index (χ1n) is 5.63. The Hall–Kier alpha value is -2.00. The number of methoxy groups -OCH3 is 1. The fourth-order valence-electron chi connectivity index (χ4n) is 1.92. The summed E-state index contributed by atoms with van der Waals surface area (Å²) in [6, 6.07) is 15.5. The fraction of sp³-hybridized carbons (Fsp3) is 0.0667. The van der Waals surface area contributed by atoms with Gasteiger partial charge in [0.25, 0.3) is 0 Å². The van der Waals surface area contributed by atoms with Gasteiger partial charge in [0.15, 0.2) is 0 Å². The molecule has 2 aromatic carbocycles. The second-order valence-electron chi connectivity index (χ2n) is 4.06. The molecule has 0 bridgehead atoms. The lowest BCUT2D eigenvalue weighted by atomic mass is 10.1. The SMILES string of the molecule is COc1ccc2sc(-c3ccc(O)cc3)cc2c1. The average Bonchev–Trinajstić information content (AvgIpc) is 2.82. The second kappa shape index (κ2) is 4.35. The number of phenols is 1. The average molecular weight is 256 g/mol. The van der Waals surface area contributed by atoms with Gasteiger partial charge in [0.2, 0.25) is 0 Å². The molecule has 0 amide bonds. The van der Waals surface area contributed by atoms with Gasteiger partial charge in [0, 0.05) is 9.58 Å². The molecular weight excluding hydrogens is 244 g/mol. The van der Waals surface area contributed by atoms with Crippen molar-refractivity contribution in [2.75, 3.05) is 7.11 Å². The van der Waals surface area contributed by atoms with E-state index in [0.717, 1.165) is 11.3 Å². The number of hydrogen-bond acceptors (Lipinski definition) is 3. The zero-order chi connectivity index (χ0) is 12.5. The Bertz CT molecular complexity index is 683. The molecule has 90 valence electrons. The molecule has 0 radical (unpaired) electrons. The number of thiophene rings is 1. The van der Waals surface area contributed by atoms with E-state index in [0.29, 0.717) is 5.75 Å². The molecule has 3 aromatic rings. The van der Waals surface area contributed by atoms with Gasteiger partial charge in [-0.15, -0.1) is 11.3 Å². The lowest BCUT2D eigenvalue weighted by Gasteiger charge is -1.97. The van der Waals surface area contributed by atoms with E-state index in [9.17, 15) is 5.11 Å². The minimum Gasteiger partial charge on any atom is -0.508 e. The van der Waals surface area contributed by atoms with Crippen molar-refractivity contribution in [2.45, 2.75) is 0 Å². The summed E-state index contributed by atoms with van der Waals surface area (Å²) in [7, 11) is 1.68. The highest BCUT2D eigenvalue weighted by Gasteiger charge is 2.05. The molecule has 0 unspecified atom stereocenters. The molecule has 0 saturated heterocycles. The van der Waals surface area contributed by atoms with Crippen molar-refractivity contribution < 1.29 is 9.84 Å². The topological polar surface area (TPSA) is 29.5 Å². The van der Waals surface area contributed by atoms with Crippen LogP contribution in [0, 0.1) is 0 Å². The Morgan fingerprint density at radius 3 is 2.50 bits per heavy atom. The highest BCUT2D eigenvalue weighted by molar-refractivity contribution is 7.22.